The van der Waals surface area contributed by atoms with E-state index in [9.17, 15) is 22.8 Å². The third kappa shape index (κ3) is 7.57. The number of benzene rings is 1. The summed E-state index contributed by atoms with van der Waals surface area (Å²) in [6.07, 6.45) is 6.37. The largest absolute Gasteiger partial charge is 0.337 e. The van der Waals surface area contributed by atoms with Gasteiger partial charge in [0.2, 0.25) is 11.8 Å². The van der Waals surface area contributed by atoms with E-state index in [1.54, 1.807) is 29.6 Å². The van der Waals surface area contributed by atoms with Crippen LogP contribution in [0, 0.1) is 0 Å². The van der Waals surface area contributed by atoms with Crippen molar-refractivity contribution in [2.45, 2.75) is 75.1 Å². The molecule has 2 aliphatic heterocycles. The van der Waals surface area contributed by atoms with Crippen molar-refractivity contribution in [1.82, 2.24) is 19.8 Å². The Bertz CT molecular complexity index is 1310. The number of ketones is 1. The summed E-state index contributed by atoms with van der Waals surface area (Å²) >= 11 is 1.07. The minimum absolute atomic E-state index is 0.0287. The molecule has 1 aromatic heterocycles. The van der Waals surface area contributed by atoms with Crippen LogP contribution in [0.25, 0.3) is 11.1 Å². The summed E-state index contributed by atoms with van der Waals surface area (Å²) in [5.41, 5.74) is 1.99. The van der Waals surface area contributed by atoms with E-state index in [2.05, 4.69) is 17.0 Å². The van der Waals surface area contributed by atoms with Crippen LogP contribution in [0.2, 0.25) is 0 Å². The van der Waals surface area contributed by atoms with Crippen LogP contribution in [0.5, 0.6) is 0 Å². The lowest BCUT2D eigenvalue weighted by Crippen LogP contribution is -2.55. The smallest absolute Gasteiger partial charge is 0.250 e. The van der Waals surface area contributed by atoms with Crippen molar-refractivity contribution in [2.75, 3.05) is 32.7 Å². The predicted molar refractivity (Wildman–Crippen MR) is 157 cm³/mol. The molecule has 0 spiro atoms. The van der Waals surface area contributed by atoms with E-state index in [0.29, 0.717) is 37.1 Å². The number of rotatable bonds is 13. The molecule has 3 heterocycles. The highest BCUT2D eigenvalue weighted by atomic mass is 32.2. The van der Waals surface area contributed by atoms with Crippen molar-refractivity contribution >= 4 is 39.0 Å². The molecule has 0 aliphatic carbocycles. The minimum atomic E-state index is -3.95. The molecule has 2 atom stereocenters. The van der Waals surface area contributed by atoms with Crippen LogP contribution in [0.1, 0.15) is 69.2 Å². The second-order valence-corrected chi connectivity index (χ2v) is 13.5. The van der Waals surface area contributed by atoms with Crippen LogP contribution in [0.3, 0.4) is 0 Å². The molecule has 2 aliphatic rings. The normalized spacial score (nSPS) is 19.8. The van der Waals surface area contributed by atoms with E-state index in [4.69, 9.17) is 0 Å². The molecule has 218 valence electrons. The number of likely N-dealkylation sites (tertiary alicyclic amines) is 2. The molecule has 2 N–H and O–H groups in total. The van der Waals surface area contributed by atoms with E-state index in [1.165, 1.54) is 24.7 Å². The fraction of sp³-hybridized carbons (Fsp3) is 0.552. The number of sulfonamides is 1. The number of hydrogen-bond acceptors (Lipinski definition) is 7. The van der Waals surface area contributed by atoms with E-state index >= 15 is 0 Å². The van der Waals surface area contributed by atoms with Crippen molar-refractivity contribution in [1.29, 1.82) is 0 Å². The number of piperidine rings is 1. The molecule has 0 saturated carbocycles. The Hall–Kier alpha value is -2.60. The summed E-state index contributed by atoms with van der Waals surface area (Å²) in [4.78, 5) is 41.5. The highest BCUT2D eigenvalue weighted by Gasteiger charge is 2.36. The number of nitrogens with zero attached hydrogens (tertiary/aromatic N) is 2. The van der Waals surface area contributed by atoms with Crippen molar-refractivity contribution < 1.29 is 22.8 Å². The van der Waals surface area contributed by atoms with Gasteiger partial charge in [-0.05, 0) is 74.2 Å². The van der Waals surface area contributed by atoms with E-state index in [1.807, 2.05) is 11.0 Å². The SMILES string of the molecule is CCCCCNC[C@@H]1CCCN1C(=O)CN1CCC[C@H](NS(=O)(=O)c2cc(-c3cccc(C(C)=O)c3)cs2)C1=O. The maximum atomic E-state index is 13.3. The number of carbonyl (C=O) groups is 3. The first-order valence-corrected chi connectivity index (χ1v) is 16.6. The second kappa shape index (κ2) is 13.8. The highest BCUT2D eigenvalue weighted by Crippen LogP contribution is 2.30. The first-order valence-electron chi connectivity index (χ1n) is 14.2. The summed E-state index contributed by atoms with van der Waals surface area (Å²) < 4.78 is 29.1. The summed E-state index contributed by atoms with van der Waals surface area (Å²) in [5, 5.41) is 5.19. The monoisotopic (exact) mass is 588 g/mol. The summed E-state index contributed by atoms with van der Waals surface area (Å²) in [6, 6.07) is 7.83. The van der Waals surface area contributed by atoms with Gasteiger partial charge in [0.25, 0.3) is 10.0 Å². The summed E-state index contributed by atoms with van der Waals surface area (Å²) in [6.45, 7) is 6.45. The Morgan fingerprint density at radius 3 is 2.65 bits per heavy atom. The van der Waals surface area contributed by atoms with Gasteiger partial charge < -0.3 is 15.1 Å². The van der Waals surface area contributed by atoms with Crippen LogP contribution in [-0.2, 0) is 19.6 Å². The third-order valence-electron chi connectivity index (χ3n) is 7.63. The Morgan fingerprint density at radius 1 is 1.07 bits per heavy atom. The minimum Gasteiger partial charge on any atom is -0.337 e. The van der Waals surface area contributed by atoms with Gasteiger partial charge in [-0.1, -0.05) is 38.0 Å². The topological polar surface area (TPSA) is 116 Å². The Morgan fingerprint density at radius 2 is 1.88 bits per heavy atom. The Labute approximate surface area is 241 Å². The Kier molecular flexibility index (Phi) is 10.5. The van der Waals surface area contributed by atoms with Gasteiger partial charge in [-0.15, -0.1) is 11.3 Å². The molecule has 0 unspecified atom stereocenters. The van der Waals surface area contributed by atoms with Crippen LogP contribution < -0.4 is 10.0 Å². The molecule has 9 nitrogen and oxygen atoms in total. The number of Topliss-reactive ketones (excluding diaryl/α,β-unsaturated/α-hetero) is 1. The molecule has 2 aromatic rings. The number of carbonyl (C=O) groups excluding carboxylic acids is 3. The van der Waals surface area contributed by atoms with Crippen LogP contribution in [-0.4, -0.2) is 80.6 Å². The molecule has 1 aromatic carbocycles. The number of amides is 2. The van der Waals surface area contributed by atoms with Crippen molar-refractivity contribution in [3.63, 3.8) is 0 Å². The molecule has 40 heavy (non-hydrogen) atoms. The molecule has 0 bridgehead atoms. The standard InChI is InChI=1S/C29H40N4O5S2/c1-3-4-5-13-30-18-25-11-7-15-33(25)27(35)19-32-14-8-12-26(29(32)36)31-40(37,38)28-17-24(20-39-28)23-10-6-9-22(16-23)21(2)34/h6,9-10,16-17,20,25-26,30-31H,3-5,7-8,11-15,18-19H2,1-2H3/t25-,26-/m0/s1. The van der Waals surface area contributed by atoms with Crippen LogP contribution in [0.15, 0.2) is 39.9 Å². The van der Waals surface area contributed by atoms with E-state index in [0.717, 1.165) is 49.3 Å². The number of unbranched alkanes of at least 4 members (excludes halogenated alkanes) is 2. The van der Waals surface area contributed by atoms with Gasteiger partial charge in [0.05, 0.1) is 6.54 Å². The zero-order valence-electron chi connectivity index (χ0n) is 23.4. The molecular weight excluding hydrogens is 548 g/mol. The van der Waals surface area contributed by atoms with Gasteiger partial charge in [-0.3, -0.25) is 14.4 Å². The van der Waals surface area contributed by atoms with Crippen molar-refractivity contribution in [2.24, 2.45) is 0 Å². The number of nitrogens with one attached hydrogen (secondary N) is 2. The van der Waals surface area contributed by atoms with Crippen molar-refractivity contribution in [3.05, 3.63) is 41.3 Å². The van der Waals surface area contributed by atoms with Crippen molar-refractivity contribution in [3.8, 4) is 11.1 Å². The van der Waals surface area contributed by atoms with E-state index in [-0.39, 0.29) is 34.4 Å². The predicted octanol–water partition coefficient (Wildman–Crippen LogP) is 3.66. The molecular formula is C29H40N4O5S2. The van der Waals surface area contributed by atoms with Gasteiger partial charge >= 0.3 is 0 Å². The fourth-order valence-corrected chi connectivity index (χ4v) is 7.81. The fourth-order valence-electron chi connectivity index (χ4n) is 5.38. The number of hydrogen-bond donors (Lipinski definition) is 2. The maximum Gasteiger partial charge on any atom is 0.250 e. The Balaban J connectivity index is 1.35. The lowest BCUT2D eigenvalue weighted by atomic mass is 10.0. The lowest BCUT2D eigenvalue weighted by Gasteiger charge is -2.34. The lowest BCUT2D eigenvalue weighted by molar-refractivity contribution is -0.143. The molecule has 0 radical (unpaired) electrons. The zero-order chi connectivity index (χ0) is 28.7. The molecule has 2 fully saturated rings. The zero-order valence-corrected chi connectivity index (χ0v) is 25.0. The quantitative estimate of drug-likeness (QED) is 0.273. The van der Waals surface area contributed by atoms with Gasteiger partial charge in [0.15, 0.2) is 5.78 Å². The summed E-state index contributed by atoms with van der Waals surface area (Å²) in [5.74, 6) is -0.502. The van der Waals surface area contributed by atoms with Gasteiger partial charge in [-0.2, -0.15) is 4.72 Å². The number of thiophene rings is 1. The van der Waals surface area contributed by atoms with Crippen LogP contribution in [0.4, 0.5) is 0 Å². The molecule has 2 amide bonds. The average molecular weight is 589 g/mol. The summed E-state index contributed by atoms with van der Waals surface area (Å²) in [7, 11) is -3.95. The first kappa shape index (κ1) is 30.4. The van der Waals surface area contributed by atoms with Crippen LogP contribution >= 0.6 is 11.3 Å². The molecule has 11 heteroatoms. The van der Waals surface area contributed by atoms with Gasteiger partial charge in [0.1, 0.15) is 10.3 Å². The van der Waals surface area contributed by atoms with Gasteiger partial charge in [-0.25, -0.2) is 8.42 Å². The molecule has 2 saturated heterocycles. The highest BCUT2D eigenvalue weighted by molar-refractivity contribution is 7.91. The second-order valence-electron chi connectivity index (χ2n) is 10.7. The third-order valence-corrected chi connectivity index (χ3v) is 10.5. The van der Waals surface area contributed by atoms with E-state index < -0.39 is 16.1 Å². The first-order chi connectivity index (χ1) is 19.2. The average Bonchev–Trinajstić information content (AvgIpc) is 3.62. The molecule has 4 rings (SSSR count). The maximum absolute atomic E-state index is 13.3. The van der Waals surface area contributed by atoms with Gasteiger partial charge in [0, 0.05) is 31.2 Å².